The van der Waals surface area contributed by atoms with Crippen molar-refractivity contribution in [3.63, 3.8) is 0 Å². The van der Waals surface area contributed by atoms with E-state index in [1.807, 2.05) is 30.3 Å². The zero-order chi connectivity index (χ0) is 9.47. The minimum atomic E-state index is -0.803. The maximum atomic E-state index is 11.0. The Bertz CT molecular complexity index is 336. The molecule has 0 N–H and O–H groups in total. The highest BCUT2D eigenvalue weighted by atomic mass is 35.5. The van der Waals surface area contributed by atoms with Crippen molar-refractivity contribution < 1.29 is 9.53 Å². The SMILES string of the molecule is CC1(C(=O)Cl)OC1c1ccccc1. The van der Waals surface area contributed by atoms with Crippen LogP contribution < -0.4 is 0 Å². The normalized spacial score (nSPS) is 31.4. The fraction of sp³-hybridized carbons (Fsp3) is 0.300. The van der Waals surface area contributed by atoms with Gasteiger partial charge in [-0.1, -0.05) is 30.3 Å². The molecule has 13 heavy (non-hydrogen) atoms. The summed E-state index contributed by atoms with van der Waals surface area (Å²) in [5.41, 5.74) is 0.196. The highest BCUT2D eigenvalue weighted by Crippen LogP contribution is 2.50. The lowest BCUT2D eigenvalue weighted by molar-refractivity contribution is -0.115. The van der Waals surface area contributed by atoms with Crippen LogP contribution in [0.2, 0.25) is 0 Å². The average molecular weight is 197 g/mol. The van der Waals surface area contributed by atoms with Crippen molar-refractivity contribution in [1.29, 1.82) is 0 Å². The molecule has 1 fully saturated rings. The quantitative estimate of drug-likeness (QED) is 0.537. The van der Waals surface area contributed by atoms with Crippen molar-refractivity contribution >= 4 is 16.8 Å². The summed E-state index contributed by atoms with van der Waals surface area (Å²) in [6.45, 7) is 1.71. The number of benzene rings is 1. The molecule has 0 aromatic heterocycles. The zero-order valence-corrected chi connectivity index (χ0v) is 7.91. The number of rotatable bonds is 2. The van der Waals surface area contributed by atoms with Crippen LogP contribution in [-0.4, -0.2) is 10.8 Å². The van der Waals surface area contributed by atoms with Gasteiger partial charge in [0, 0.05) is 0 Å². The van der Waals surface area contributed by atoms with E-state index in [-0.39, 0.29) is 6.10 Å². The van der Waals surface area contributed by atoms with E-state index in [0.717, 1.165) is 5.56 Å². The van der Waals surface area contributed by atoms with Crippen molar-refractivity contribution in [2.75, 3.05) is 0 Å². The average Bonchev–Trinajstić information content (AvgIpc) is 2.81. The van der Waals surface area contributed by atoms with Crippen molar-refractivity contribution in [3.8, 4) is 0 Å². The number of hydrogen-bond acceptors (Lipinski definition) is 2. The third kappa shape index (κ3) is 1.36. The van der Waals surface area contributed by atoms with Crippen LogP contribution in [0, 0.1) is 0 Å². The van der Waals surface area contributed by atoms with Crippen molar-refractivity contribution in [3.05, 3.63) is 35.9 Å². The molecule has 2 rings (SSSR count). The van der Waals surface area contributed by atoms with E-state index in [4.69, 9.17) is 16.3 Å². The van der Waals surface area contributed by atoms with Gasteiger partial charge < -0.3 is 4.74 Å². The Balaban J connectivity index is 2.21. The molecule has 0 aliphatic carbocycles. The minimum Gasteiger partial charge on any atom is -0.351 e. The van der Waals surface area contributed by atoms with Gasteiger partial charge >= 0.3 is 0 Å². The summed E-state index contributed by atoms with van der Waals surface area (Å²) in [7, 11) is 0. The molecular weight excluding hydrogens is 188 g/mol. The van der Waals surface area contributed by atoms with Gasteiger partial charge in [-0.2, -0.15) is 0 Å². The fourth-order valence-corrected chi connectivity index (χ4v) is 1.52. The molecule has 2 atom stereocenters. The predicted molar refractivity (Wildman–Crippen MR) is 49.5 cm³/mol. The minimum absolute atomic E-state index is 0.168. The van der Waals surface area contributed by atoms with E-state index in [0.29, 0.717) is 0 Å². The molecular formula is C10H9ClO2. The molecule has 1 aliphatic rings. The summed E-state index contributed by atoms with van der Waals surface area (Å²) in [5.74, 6) is 0. The van der Waals surface area contributed by atoms with Gasteiger partial charge in [-0.3, -0.25) is 4.79 Å². The number of carbonyl (C=O) groups excluding carboxylic acids is 1. The lowest BCUT2D eigenvalue weighted by Crippen LogP contribution is -2.15. The van der Waals surface area contributed by atoms with E-state index in [9.17, 15) is 4.79 Å². The van der Waals surface area contributed by atoms with Gasteiger partial charge in [0.05, 0.1) is 0 Å². The van der Waals surface area contributed by atoms with Gasteiger partial charge in [0.2, 0.25) is 0 Å². The largest absolute Gasteiger partial charge is 0.351 e. The van der Waals surface area contributed by atoms with Gasteiger partial charge in [-0.05, 0) is 24.1 Å². The monoisotopic (exact) mass is 196 g/mol. The predicted octanol–water partition coefficient (Wildman–Crippen LogP) is 2.28. The van der Waals surface area contributed by atoms with Crippen molar-refractivity contribution in [1.82, 2.24) is 0 Å². The molecule has 0 saturated carbocycles. The Morgan fingerprint density at radius 3 is 2.54 bits per heavy atom. The summed E-state index contributed by atoms with van der Waals surface area (Å²) < 4.78 is 5.27. The molecule has 0 spiro atoms. The van der Waals surface area contributed by atoms with Gasteiger partial charge in [-0.25, -0.2) is 0 Å². The van der Waals surface area contributed by atoms with Crippen LogP contribution in [0.3, 0.4) is 0 Å². The smallest absolute Gasteiger partial charge is 0.256 e. The van der Waals surface area contributed by atoms with Gasteiger partial charge in [0.15, 0.2) is 5.60 Å². The van der Waals surface area contributed by atoms with Gasteiger partial charge in [0.25, 0.3) is 5.24 Å². The molecule has 3 heteroatoms. The topological polar surface area (TPSA) is 29.6 Å². The van der Waals surface area contributed by atoms with Gasteiger partial charge in [0.1, 0.15) is 6.10 Å². The molecule has 0 radical (unpaired) electrons. The van der Waals surface area contributed by atoms with Crippen LogP contribution >= 0.6 is 11.6 Å². The first kappa shape index (κ1) is 8.73. The van der Waals surface area contributed by atoms with E-state index in [1.165, 1.54) is 0 Å². The third-order valence-electron chi connectivity index (χ3n) is 2.30. The second-order valence-corrected chi connectivity index (χ2v) is 3.63. The molecule has 0 amide bonds. The molecule has 1 saturated heterocycles. The second-order valence-electron chi connectivity index (χ2n) is 3.29. The maximum absolute atomic E-state index is 11.0. The van der Waals surface area contributed by atoms with Crippen molar-refractivity contribution in [2.45, 2.75) is 18.6 Å². The lowest BCUT2D eigenvalue weighted by atomic mass is 10.0. The highest BCUT2D eigenvalue weighted by molar-refractivity contribution is 6.65. The third-order valence-corrected chi connectivity index (χ3v) is 2.67. The standard InChI is InChI=1S/C10H9ClO2/c1-10(9(11)12)8(13-10)7-5-3-2-4-6-7/h2-6,8H,1H3. The van der Waals surface area contributed by atoms with E-state index in [2.05, 4.69) is 0 Å². The molecule has 1 heterocycles. The zero-order valence-electron chi connectivity index (χ0n) is 7.16. The van der Waals surface area contributed by atoms with Crippen molar-refractivity contribution in [2.24, 2.45) is 0 Å². The lowest BCUT2D eigenvalue weighted by Gasteiger charge is -1.97. The van der Waals surface area contributed by atoms with E-state index >= 15 is 0 Å². The number of hydrogen-bond donors (Lipinski definition) is 0. The Morgan fingerprint density at radius 2 is 2.08 bits per heavy atom. The Hall–Kier alpha value is -0.860. The first-order valence-corrected chi connectivity index (χ1v) is 4.45. The summed E-state index contributed by atoms with van der Waals surface area (Å²) in [4.78, 5) is 11.0. The summed E-state index contributed by atoms with van der Waals surface area (Å²) in [5, 5.41) is -0.429. The number of halogens is 1. The Labute approximate surface area is 81.5 Å². The summed E-state index contributed by atoms with van der Waals surface area (Å²) in [6, 6.07) is 9.60. The van der Waals surface area contributed by atoms with Crippen LogP contribution in [0.15, 0.2) is 30.3 Å². The van der Waals surface area contributed by atoms with Crippen LogP contribution in [0.25, 0.3) is 0 Å². The number of epoxide rings is 1. The van der Waals surface area contributed by atoms with Crippen LogP contribution in [0.5, 0.6) is 0 Å². The van der Waals surface area contributed by atoms with Gasteiger partial charge in [-0.15, -0.1) is 0 Å². The Morgan fingerprint density at radius 1 is 1.46 bits per heavy atom. The molecule has 68 valence electrons. The summed E-state index contributed by atoms with van der Waals surface area (Å²) >= 11 is 5.40. The van der Waals surface area contributed by atoms with E-state index < -0.39 is 10.8 Å². The fourth-order valence-electron chi connectivity index (χ4n) is 1.37. The Kier molecular flexibility index (Phi) is 1.90. The van der Waals surface area contributed by atoms with Crippen LogP contribution in [0.4, 0.5) is 0 Å². The first-order valence-electron chi connectivity index (χ1n) is 4.07. The summed E-state index contributed by atoms with van der Waals surface area (Å²) in [6.07, 6.45) is -0.168. The number of carbonyl (C=O) groups is 1. The van der Waals surface area contributed by atoms with E-state index in [1.54, 1.807) is 6.92 Å². The molecule has 1 aromatic carbocycles. The molecule has 1 aliphatic heterocycles. The second kappa shape index (κ2) is 2.82. The van der Waals surface area contributed by atoms with Crippen LogP contribution in [0.1, 0.15) is 18.6 Å². The molecule has 0 bridgehead atoms. The highest BCUT2D eigenvalue weighted by Gasteiger charge is 2.58. The maximum Gasteiger partial charge on any atom is 0.256 e. The molecule has 1 aromatic rings. The number of ether oxygens (including phenoxy) is 1. The first-order chi connectivity index (χ1) is 6.14. The van der Waals surface area contributed by atoms with Crippen LogP contribution in [-0.2, 0) is 9.53 Å². The molecule has 2 nitrogen and oxygen atoms in total. The molecule has 2 unspecified atom stereocenters.